The van der Waals surface area contributed by atoms with Crippen LogP contribution in [0.1, 0.15) is 18.1 Å². The maximum absolute atomic E-state index is 14.0. The van der Waals surface area contributed by atoms with Gasteiger partial charge in [0.25, 0.3) is 0 Å². The zero-order valence-electron chi connectivity index (χ0n) is 11.5. The van der Waals surface area contributed by atoms with Crippen LogP contribution < -0.4 is 5.32 Å². The molecule has 5 heteroatoms. The first kappa shape index (κ1) is 16.1. The molecule has 0 spiro atoms. The summed E-state index contributed by atoms with van der Waals surface area (Å²) >= 11 is 3.04. The Labute approximate surface area is 130 Å². The van der Waals surface area contributed by atoms with Crippen molar-refractivity contribution in [3.8, 4) is 0 Å². The van der Waals surface area contributed by atoms with Gasteiger partial charge >= 0.3 is 0 Å². The van der Waals surface area contributed by atoms with Crippen molar-refractivity contribution in [2.24, 2.45) is 0 Å². The Hall–Kier alpha value is -1.30. The molecular weight excluding hydrogens is 340 g/mol. The molecule has 2 nitrogen and oxygen atoms in total. The van der Waals surface area contributed by atoms with Crippen LogP contribution in [0.4, 0.5) is 8.78 Å². The van der Waals surface area contributed by atoms with E-state index in [1.54, 1.807) is 6.92 Å². The Bertz CT molecular complexity index is 621. The van der Waals surface area contributed by atoms with Gasteiger partial charge in [0.15, 0.2) is 0 Å². The van der Waals surface area contributed by atoms with Gasteiger partial charge in [0.05, 0.1) is 16.6 Å². The number of nitrogens with one attached hydrogen (secondary N) is 1. The molecule has 112 valence electrons. The monoisotopic (exact) mass is 355 g/mol. The van der Waals surface area contributed by atoms with E-state index >= 15 is 0 Å². The van der Waals surface area contributed by atoms with Crippen LogP contribution in [0.25, 0.3) is 0 Å². The standard InChI is InChI=1S/C16H16BrF2NO/c1-16(10-21,11-5-3-2-4-6-11)20-9-12-14(18)8-7-13(17)15(12)19/h2-8,20-21H,9-10H2,1H3. The lowest BCUT2D eigenvalue weighted by molar-refractivity contribution is 0.172. The molecular formula is C16H16BrF2NO. The fourth-order valence-corrected chi connectivity index (χ4v) is 2.44. The molecule has 0 saturated carbocycles. The molecule has 0 radical (unpaired) electrons. The average Bonchev–Trinajstić information content (AvgIpc) is 2.51. The van der Waals surface area contributed by atoms with E-state index < -0.39 is 17.2 Å². The van der Waals surface area contributed by atoms with E-state index in [0.717, 1.165) is 5.56 Å². The van der Waals surface area contributed by atoms with Crippen LogP contribution in [0.15, 0.2) is 46.9 Å². The van der Waals surface area contributed by atoms with Crippen molar-refractivity contribution < 1.29 is 13.9 Å². The summed E-state index contributed by atoms with van der Waals surface area (Å²) in [6.07, 6.45) is 0. The van der Waals surface area contributed by atoms with E-state index in [0.29, 0.717) is 0 Å². The van der Waals surface area contributed by atoms with Gasteiger partial charge in [-0.3, -0.25) is 0 Å². The summed E-state index contributed by atoms with van der Waals surface area (Å²) in [4.78, 5) is 0. The Balaban J connectivity index is 2.24. The predicted octanol–water partition coefficient (Wildman–Crippen LogP) is 3.72. The third-order valence-electron chi connectivity index (χ3n) is 3.52. The number of rotatable bonds is 5. The first-order valence-corrected chi connectivity index (χ1v) is 7.31. The molecule has 1 unspecified atom stereocenters. The minimum Gasteiger partial charge on any atom is -0.394 e. The molecule has 0 aliphatic rings. The first-order valence-electron chi connectivity index (χ1n) is 6.52. The highest BCUT2D eigenvalue weighted by molar-refractivity contribution is 9.10. The number of halogens is 3. The molecule has 2 aromatic carbocycles. The number of aliphatic hydroxyl groups excluding tert-OH is 1. The van der Waals surface area contributed by atoms with E-state index in [4.69, 9.17) is 0 Å². The average molecular weight is 356 g/mol. The van der Waals surface area contributed by atoms with Gasteiger partial charge in [0.1, 0.15) is 11.6 Å². The van der Waals surface area contributed by atoms with Crippen molar-refractivity contribution in [2.75, 3.05) is 6.61 Å². The minimum absolute atomic E-state index is 0.0247. The second kappa shape index (κ2) is 6.64. The van der Waals surface area contributed by atoms with E-state index in [-0.39, 0.29) is 23.2 Å². The largest absolute Gasteiger partial charge is 0.394 e. The Morgan fingerprint density at radius 3 is 2.43 bits per heavy atom. The topological polar surface area (TPSA) is 32.3 Å². The number of hydrogen-bond acceptors (Lipinski definition) is 2. The van der Waals surface area contributed by atoms with Crippen molar-refractivity contribution in [1.29, 1.82) is 0 Å². The molecule has 2 rings (SSSR count). The van der Waals surface area contributed by atoms with Gasteiger partial charge in [0, 0.05) is 12.1 Å². The van der Waals surface area contributed by atoms with E-state index in [1.165, 1.54) is 12.1 Å². The Kier molecular flexibility index (Phi) is 5.08. The first-order chi connectivity index (χ1) is 9.98. The maximum atomic E-state index is 14.0. The van der Waals surface area contributed by atoms with Crippen LogP contribution in [0.2, 0.25) is 0 Å². The molecule has 21 heavy (non-hydrogen) atoms. The van der Waals surface area contributed by atoms with Crippen LogP contribution >= 0.6 is 15.9 Å². The van der Waals surface area contributed by atoms with Gasteiger partial charge in [-0.1, -0.05) is 30.3 Å². The summed E-state index contributed by atoms with van der Waals surface area (Å²) in [5.74, 6) is -1.24. The second-order valence-corrected chi connectivity index (χ2v) is 5.89. The number of aliphatic hydroxyl groups is 1. The summed E-state index contributed by atoms with van der Waals surface area (Å²) in [6.45, 7) is 1.58. The van der Waals surface area contributed by atoms with Crippen molar-refractivity contribution >= 4 is 15.9 Å². The molecule has 2 aromatic rings. The predicted molar refractivity (Wildman–Crippen MR) is 81.8 cm³/mol. The Morgan fingerprint density at radius 2 is 1.81 bits per heavy atom. The van der Waals surface area contributed by atoms with Gasteiger partial charge < -0.3 is 10.4 Å². The molecule has 0 heterocycles. The maximum Gasteiger partial charge on any atom is 0.144 e. The van der Waals surface area contributed by atoms with Gasteiger partial charge in [-0.2, -0.15) is 0 Å². The summed E-state index contributed by atoms with van der Waals surface area (Å²) in [5.41, 5.74) is 0.0194. The molecule has 1 atom stereocenters. The summed E-state index contributed by atoms with van der Waals surface area (Å²) in [5, 5.41) is 12.7. The summed E-state index contributed by atoms with van der Waals surface area (Å²) in [6, 6.07) is 11.8. The third-order valence-corrected chi connectivity index (χ3v) is 4.13. The van der Waals surface area contributed by atoms with Gasteiger partial charge in [-0.05, 0) is 40.5 Å². The molecule has 0 fully saturated rings. The molecule has 0 saturated heterocycles. The minimum atomic E-state index is -0.775. The van der Waals surface area contributed by atoms with Crippen molar-refractivity contribution in [3.05, 3.63) is 69.7 Å². The molecule has 2 N–H and O–H groups in total. The second-order valence-electron chi connectivity index (χ2n) is 5.03. The Morgan fingerprint density at radius 1 is 1.14 bits per heavy atom. The number of benzene rings is 2. The SMILES string of the molecule is CC(CO)(NCc1c(F)ccc(Br)c1F)c1ccccc1. The highest BCUT2D eigenvalue weighted by atomic mass is 79.9. The fraction of sp³-hybridized carbons (Fsp3) is 0.250. The zero-order chi connectivity index (χ0) is 15.5. The fourth-order valence-electron chi connectivity index (χ4n) is 2.07. The van der Waals surface area contributed by atoms with Gasteiger partial charge in [-0.25, -0.2) is 8.78 Å². The van der Waals surface area contributed by atoms with Crippen LogP contribution in [-0.4, -0.2) is 11.7 Å². The molecule has 0 bridgehead atoms. The van der Waals surface area contributed by atoms with Crippen LogP contribution in [0.3, 0.4) is 0 Å². The molecule has 0 aliphatic heterocycles. The smallest absolute Gasteiger partial charge is 0.144 e. The summed E-state index contributed by atoms with van der Waals surface area (Å²) in [7, 11) is 0. The highest BCUT2D eigenvalue weighted by Gasteiger charge is 2.26. The zero-order valence-corrected chi connectivity index (χ0v) is 13.1. The summed E-state index contributed by atoms with van der Waals surface area (Å²) < 4.78 is 27.9. The van der Waals surface area contributed by atoms with Crippen molar-refractivity contribution in [2.45, 2.75) is 19.0 Å². The van der Waals surface area contributed by atoms with Crippen LogP contribution in [0.5, 0.6) is 0 Å². The van der Waals surface area contributed by atoms with E-state index in [2.05, 4.69) is 21.2 Å². The lowest BCUT2D eigenvalue weighted by Crippen LogP contribution is -2.42. The van der Waals surface area contributed by atoms with Crippen molar-refractivity contribution in [3.63, 3.8) is 0 Å². The van der Waals surface area contributed by atoms with E-state index in [1.807, 2.05) is 30.3 Å². The van der Waals surface area contributed by atoms with Crippen LogP contribution in [-0.2, 0) is 12.1 Å². The lowest BCUT2D eigenvalue weighted by Gasteiger charge is -2.29. The molecule has 0 aliphatic carbocycles. The molecule has 0 aromatic heterocycles. The van der Waals surface area contributed by atoms with Gasteiger partial charge in [-0.15, -0.1) is 0 Å². The third kappa shape index (κ3) is 3.48. The van der Waals surface area contributed by atoms with Crippen LogP contribution in [0, 0.1) is 11.6 Å². The number of hydrogen-bond donors (Lipinski definition) is 2. The van der Waals surface area contributed by atoms with Gasteiger partial charge in [0.2, 0.25) is 0 Å². The van der Waals surface area contributed by atoms with Crippen molar-refractivity contribution in [1.82, 2.24) is 5.32 Å². The normalized spacial score (nSPS) is 14.0. The lowest BCUT2D eigenvalue weighted by atomic mass is 9.92. The quantitative estimate of drug-likeness (QED) is 0.801. The highest BCUT2D eigenvalue weighted by Crippen LogP contribution is 2.24. The van der Waals surface area contributed by atoms with E-state index in [9.17, 15) is 13.9 Å². The molecule has 0 amide bonds.